The third kappa shape index (κ3) is 13.8. The van der Waals surface area contributed by atoms with Crippen LogP contribution in [-0.2, 0) is 25.9 Å². The Balaban J connectivity index is 0.838. The minimum absolute atomic E-state index is 0.463. The number of rotatable bonds is 22. The molecule has 0 spiro atoms. The van der Waals surface area contributed by atoms with Crippen LogP contribution in [0.2, 0.25) is 0 Å². The molecule has 0 saturated heterocycles. The molecule has 64 heavy (non-hydrogen) atoms. The van der Waals surface area contributed by atoms with Crippen molar-refractivity contribution < 1.29 is 22.5 Å². The van der Waals surface area contributed by atoms with E-state index >= 15 is 0 Å². The Morgan fingerprint density at radius 3 is 1.86 bits per heavy atom. The van der Waals surface area contributed by atoms with Crippen LogP contribution >= 0.6 is 0 Å². The molecule has 0 bridgehead atoms. The SMILES string of the molecule is CC[CH-][n+]1ccc(CCC(C)c2cc[n+]([CH-]CCN3C=CC(=c4cc[n+](=CCC[n+]5ccc(C(C)CC(CCc6ccncc6)c6cc[n+](CCC)cc6)cc5)cc4)C=C3)cc2)cc1. The van der Waals surface area contributed by atoms with Gasteiger partial charge < -0.3 is 14.0 Å². The van der Waals surface area contributed by atoms with E-state index in [0.717, 1.165) is 77.4 Å². The molecule has 3 unspecified atom stereocenters. The third-order valence-electron chi connectivity index (χ3n) is 12.7. The Hall–Kier alpha value is -6.34. The lowest BCUT2D eigenvalue weighted by atomic mass is 9.83. The van der Waals surface area contributed by atoms with Gasteiger partial charge in [-0.1, -0.05) is 63.1 Å². The number of aryl methyl sites for hydroxylation is 4. The normalized spacial score (nSPS) is 13.7. The van der Waals surface area contributed by atoms with E-state index in [2.05, 4.69) is 239 Å². The molecular weight excluding hydrogens is 783 g/mol. The second kappa shape index (κ2) is 23.9. The topological polar surface area (TPSA) is 37.6 Å². The Labute approximate surface area is 383 Å². The zero-order chi connectivity index (χ0) is 44.4. The summed E-state index contributed by atoms with van der Waals surface area (Å²) in [5.74, 6) is 1.48. The second-order valence-corrected chi connectivity index (χ2v) is 17.5. The van der Waals surface area contributed by atoms with Crippen molar-refractivity contribution in [3.8, 4) is 0 Å². The highest BCUT2D eigenvalue weighted by Crippen LogP contribution is 2.32. The van der Waals surface area contributed by atoms with Crippen molar-refractivity contribution in [1.82, 2.24) is 9.88 Å². The predicted octanol–water partition coefficient (Wildman–Crippen LogP) is 8.69. The lowest BCUT2D eigenvalue weighted by Gasteiger charge is -2.21. The Morgan fingerprint density at radius 1 is 0.609 bits per heavy atom. The first kappa shape index (κ1) is 45.7. The van der Waals surface area contributed by atoms with E-state index in [9.17, 15) is 0 Å². The van der Waals surface area contributed by atoms with Crippen molar-refractivity contribution in [3.05, 3.63) is 224 Å². The van der Waals surface area contributed by atoms with Crippen LogP contribution in [0.4, 0.5) is 0 Å². The second-order valence-electron chi connectivity index (χ2n) is 17.5. The quantitative estimate of drug-likeness (QED) is 0.0507. The van der Waals surface area contributed by atoms with Crippen LogP contribution in [0.3, 0.4) is 0 Å². The molecule has 0 fully saturated rings. The molecule has 6 aromatic rings. The van der Waals surface area contributed by atoms with Gasteiger partial charge in [0, 0.05) is 87.2 Å². The minimum atomic E-state index is 0.463. The van der Waals surface area contributed by atoms with Crippen LogP contribution in [0.5, 0.6) is 0 Å². The van der Waals surface area contributed by atoms with Gasteiger partial charge in [0.05, 0.1) is 31.2 Å². The molecule has 7 heteroatoms. The van der Waals surface area contributed by atoms with Crippen molar-refractivity contribution in [2.75, 3.05) is 6.54 Å². The van der Waals surface area contributed by atoms with Gasteiger partial charge in [-0.05, 0) is 114 Å². The molecule has 0 aliphatic carbocycles. The molecule has 6 aromatic heterocycles. The minimum Gasteiger partial charge on any atom is -0.355 e. The molecule has 0 N–H and O–H groups in total. The van der Waals surface area contributed by atoms with E-state index in [4.69, 9.17) is 0 Å². The van der Waals surface area contributed by atoms with E-state index in [-0.39, 0.29) is 0 Å². The summed E-state index contributed by atoms with van der Waals surface area (Å²) in [6, 6.07) is 27.1. The van der Waals surface area contributed by atoms with Gasteiger partial charge in [0.1, 0.15) is 6.54 Å². The molecule has 1 aliphatic rings. The van der Waals surface area contributed by atoms with Crippen LogP contribution in [-0.4, -0.2) is 16.4 Å². The number of nitrogens with zero attached hydrogens (tertiary/aromatic N) is 7. The van der Waals surface area contributed by atoms with Crippen molar-refractivity contribution in [2.24, 2.45) is 0 Å². The Kier molecular flexibility index (Phi) is 17.1. The molecule has 1 aliphatic heterocycles. The lowest BCUT2D eigenvalue weighted by molar-refractivity contribution is -0.698. The maximum Gasteiger partial charge on any atom is 0.174 e. The van der Waals surface area contributed by atoms with Crippen LogP contribution in [0.1, 0.15) is 118 Å². The summed E-state index contributed by atoms with van der Waals surface area (Å²) in [6.07, 6.45) is 46.6. The largest absolute Gasteiger partial charge is 0.355 e. The van der Waals surface area contributed by atoms with E-state index < -0.39 is 0 Å². The standard InChI is InChI=1S/C57H70N7/c1-5-29-59-35-15-51(16-36-59)10-9-48(3)52-17-37-61(38-18-52)31-7-33-63-43-21-54(22-44-63)55-23-45-64(46-24-55)34-8-32-62-39-19-53(20-40-62)49(4)47-57(12-11-50-13-27-58-28-14-50)56-25-41-60(30-6-2)42-26-56/h13-29,31,34-46,48-49,57H,5-12,30,32-33,47H2,1-4H3/q+3. The molecule has 0 saturated carbocycles. The first-order valence-corrected chi connectivity index (χ1v) is 23.8. The fourth-order valence-electron chi connectivity index (χ4n) is 8.65. The van der Waals surface area contributed by atoms with Gasteiger partial charge in [-0.25, -0.2) is 9.13 Å². The smallest absolute Gasteiger partial charge is 0.174 e. The van der Waals surface area contributed by atoms with Crippen molar-refractivity contribution >= 4 is 5.57 Å². The maximum absolute atomic E-state index is 4.22. The summed E-state index contributed by atoms with van der Waals surface area (Å²) in [5, 5.41) is 1.22. The number of aromatic nitrogens is 6. The van der Waals surface area contributed by atoms with Crippen molar-refractivity contribution in [3.63, 3.8) is 0 Å². The van der Waals surface area contributed by atoms with Crippen LogP contribution in [0.25, 0.3) is 5.57 Å². The number of hydrogen-bond acceptors (Lipinski definition) is 2. The predicted molar refractivity (Wildman–Crippen MR) is 255 cm³/mol. The molecule has 330 valence electrons. The average Bonchev–Trinajstić information content (AvgIpc) is 3.34. The summed E-state index contributed by atoms with van der Waals surface area (Å²) in [4.78, 5) is 6.48. The molecule has 0 radical (unpaired) electrons. The zero-order valence-electron chi connectivity index (χ0n) is 38.7. The maximum atomic E-state index is 4.22. The van der Waals surface area contributed by atoms with Crippen molar-refractivity contribution in [2.45, 2.75) is 116 Å². The molecule has 7 nitrogen and oxygen atoms in total. The summed E-state index contributed by atoms with van der Waals surface area (Å²) in [5.41, 5.74) is 8.22. The molecule has 0 amide bonds. The van der Waals surface area contributed by atoms with Gasteiger partial charge in [0.25, 0.3) is 0 Å². The summed E-state index contributed by atoms with van der Waals surface area (Å²) >= 11 is 0. The van der Waals surface area contributed by atoms with Gasteiger partial charge in [-0.15, -0.1) is 0 Å². The third-order valence-corrected chi connectivity index (χ3v) is 12.7. The highest BCUT2D eigenvalue weighted by Gasteiger charge is 2.19. The highest BCUT2D eigenvalue weighted by atomic mass is 15.1. The zero-order valence-corrected chi connectivity index (χ0v) is 38.7. The lowest BCUT2D eigenvalue weighted by Crippen LogP contribution is -2.33. The fourth-order valence-corrected chi connectivity index (χ4v) is 8.65. The van der Waals surface area contributed by atoms with Gasteiger partial charge in [-0.2, -0.15) is 4.24 Å². The van der Waals surface area contributed by atoms with Gasteiger partial charge in [-0.3, -0.25) is 4.98 Å². The van der Waals surface area contributed by atoms with Gasteiger partial charge in [0.2, 0.25) is 0 Å². The molecular formula is C57H70N7+3. The number of allylic oxidation sites excluding steroid dienone is 2. The fraction of sp³-hybridized carbons (Fsp3) is 0.333. The summed E-state index contributed by atoms with van der Waals surface area (Å²) in [7, 11) is 0. The highest BCUT2D eigenvalue weighted by molar-refractivity contribution is 5.67. The Morgan fingerprint density at radius 2 is 1.19 bits per heavy atom. The monoisotopic (exact) mass is 853 g/mol. The summed E-state index contributed by atoms with van der Waals surface area (Å²) < 4.78 is 11.1. The molecule has 3 atom stereocenters. The summed E-state index contributed by atoms with van der Waals surface area (Å²) in [6.45, 7) is 16.5. The molecule has 0 aromatic carbocycles. The van der Waals surface area contributed by atoms with Gasteiger partial charge in [0.15, 0.2) is 49.9 Å². The first-order valence-electron chi connectivity index (χ1n) is 23.8. The van der Waals surface area contributed by atoms with E-state index in [1.165, 1.54) is 38.6 Å². The van der Waals surface area contributed by atoms with E-state index in [1.807, 2.05) is 12.4 Å². The van der Waals surface area contributed by atoms with Crippen LogP contribution < -0.4 is 27.7 Å². The average molecular weight is 853 g/mol. The van der Waals surface area contributed by atoms with E-state index in [1.54, 1.807) is 0 Å². The van der Waals surface area contributed by atoms with Crippen LogP contribution in [0.15, 0.2) is 172 Å². The van der Waals surface area contributed by atoms with E-state index in [0.29, 0.717) is 17.8 Å². The number of pyridine rings is 6. The first-order chi connectivity index (χ1) is 31.4. The molecule has 7 rings (SSSR count). The number of hydrogen-bond donors (Lipinski definition) is 0. The van der Waals surface area contributed by atoms with Crippen LogP contribution in [0, 0.1) is 19.3 Å². The molecule has 7 heterocycles. The van der Waals surface area contributed by atoms with Crippen molar-refractivity contribution in [1.29, 1.82) is 0 Å². The Bertz CT molecular complexity index is 2460. The van der Waals surface area contributed by atoms with Gasteiger partial charge >= 0.3 is 0 Å².